The molecule has 2 aromatic carbocycles. The molecule has 6 heteroatoms. The molecule has 0 aliphatic heterocycles. The highest BCUT2D eigenvalue weighted by Crippen LogP contribution is 2.52. The molecule has 0 radical (unpaired) electrons. The van der Waals surface area contributed by atoms with Gasteiger partial charge in [-0.05, 0) is 36.5 Å². The van der Waals surface area contributed by atoms with E-state index in [-0.39, 0.29) is 5.41 Å². The Morgan fingerprint density at radius 3 is 2.12 bits per heavy atom. The molecule has 2 aromatic heterocycles. The minimum absolute atomic E-state index is 0.0560. The van der Waals surface area contributed by atoms with Gasteiger partial charge in [0.05, 0.1) is 11.1 Å². The SMILES string of the molecule is Cc1cc(-c2ccc(-c3ccc(C4(c5nn[nH]n5)CC4)cc3)cc2)on1. The Hall–Kier alpha value is -3.28. The van der Waals surface area contributed by atoms with Gasteiger partial charge in [0.15, 0.2) is 11.6 Å². The molecule has 0 spiro atoms. The maximum absolute atomic E-state index is 5.32. The Kier molecular flexibility index (Phi) is 3.25. The zero-order valence-corrected chi connectivity index (χ0v) is 14.3. The second kappa shape index (κ2) is 5.62. The number of aromatic nitrogens is 5. The number of hydrogen-bond acceptors (Lipinski definition) is 5. The molecule has 5 rings (SSSR count). The number of nitrogens with zero attached hydrogens (tertiary/aromatic N) is 4. The molecule has 0 unspecified atom stereocenters. The first-order chi connectivity index (χ1) is 12.7. The van der Waals surface area contributed by atoms with Crippen molar-refractivity contribution in [2.24, 2.45) is 0 Å². The molecule has 4 aromatic rings. The first kappa shape index (κ1) is 15.0. The van der Waals surface area contributed by atoms with Gasteiger partial charge in [-0.25, -0.2) is 0 Å². The third-order valence-corrected chi connectivity index (χ3v) is 5.09. The van der Waals surface area contributed by atoms with Crippen LogP contribution in [0.15, 0.2) is 59.1 Å². The van der Waals surface area contributed by atoms with Gasteiger partial charge in [0.1, 0.15) is 0 Å². The number of aromatic amines is 1. The van der Waals surface area contributed by atoms with Crippen molar-refractivity contribution in [3.8, 4) is 22.5 Å². The Morgan fingerprint density at radius 1 is 0.923 bits per heavy atom. The Labute approximate surface area is 150 Å². The number of tetrazole rings is 1. The van der Waals surface area contributed by atoms with Crippen LogP contribution >= 0.6 is 0 Å². The van der Waals surface area contributed by atoms with E-state index in [2.05, 4.69) is 74.3 Å². The van der Waals surface area contributed by atoms with Crippen molar-refractivity contribution >= 4 is 0 Å². The van der Waals surface area contributed by atoms with Crippen molar-refractivity contribution in [2.45, 2.75) is 25.2 Å². The van der Waals surface area contributed by atoms with Gasteiger partial charge in [-0.1, -0.05) is 58.9 Å². The number of aryl methyl sites for hydroxylation is 1. The highest BCUT2D eigenvalue weighted by atomic mass is 16.5. The molecule has 6 nitrogen and oxygen atoms in total. The highest BCUT2D eigenvalue weighted by molar-refractivity contribution is 5.68. The van der Waals surface area contributed by atoms with Crippen molar-refractivity contribution in [3.05, 3.63) is 71.7 Å². The molecule has 0 bridgehead atoms. The lowest BCUT2D eigenvalue weighted by molar-refractivity contribution is 0.427. The minimum Gasteiger partial charge on any atom is -0.356 e. The Bertz CT molecular complexity index is 1030. The third-order valence-electron chi connectivity index (χ3n) is 5.09. The monoisotopic (exact) mass is 343 g/mol. The second-order valence-corrected chi connectivity index (χ2v) is 6.80. The molecule has 0 saturated heterocycles. The van der Waals surface area contributed by atoms with Crippen LogP contribution < -0.4 is 0 Å². The maximum Gasteiger partial charge on any atom is 0.185 e. The second-order valence-electron chi connectivity index (χ2n) is 6.80. The van der Waals surface area contributed by atoms with Crippen molar-refractivity contribution in [3.63, 3.8) is 0 Å². The van der Waals surface area contributed by atoms with Gasteiger partial charge in [-0.2, -0.15) is 5.21 Å². The molecule has 1 saturated carbocycles. The summed E-state index contributed by atoms with van der Waals surface area (Å²) >= 11 is 0. The van der Waals surface area contributed by atoms with Gasteiger partial charge in [0, 0.05) is 11.6 Å². The summed E-state index contributed by atoms with van der Waals surface area (Å²) in [5, 5.41) is 18.6. The molecule has 128 valence electrons. The van der Waals surface area contributed by atoms with Crippen molar-refractivity contribution < 1.29 is 4.52 Å². The average Bonchev–Trinajstić information content (AvgIpc) is 3.09. The molecule has 2 heterocycles. The predicted molar refractivity (Wildman–Crippen MR) is 96.3 cm³/mol. The topological polar surface area (TPSA) is 80.5 Å². The van der Waals surface area contributed by atoms with E-state index in [1.165, 1.54) is 16.7 Å². The lowest BCUT2D eigenvalue weighted by atomic mass is 9.93. The number of benzene rings is 2. The summed E-state index contributed by atoms with van der Waals surface area (Å²) in [5.41, 5.74) is 5.45. The van der Waals surface area contributed by atoms with E-state index in [0.717, 1.165) is 35.7 Å². The van der Waals surface area contributed by atoms with Gasteiger partial charge < -0.3 is 4.52 Å². The fourth-order valence-electron chi connectivity index (χ4n) is 3.44. The van der Waals surface area contributed by atoms with E-state index in [9.17, 15) is 0 Å². The maximum atomic E-state index is 5.32. The fraction of sp³-hybridized carbons (Fsp3) is 0.200. The standard InChI is InChI=1S/C20H17N5O/c1-13-12-18(26-23-13)16-4-2-14(3-5-16)15-6-8-17(9-7-15)20(10-11-20)19-21-24-25-22-19/h2-9,12H,10-11H2,1H3,(H,21,22,24,25). The minimum atomic E-state index is -0.0560. The number of rotatable bonds is 4. The van der Waals surface area contributed by atoms with Crippen LogP contribution in [0.25, 0.3) is 22.5 Å². The summed E-state index contributed by atoms with van der Waals surface area (Å²) in [5.74, 6) is 1.58. The summed E-state index contributed by atoms with van der Waals surface area (Å²) in [6.45, 7) is 1.92. The molecular formula is C20H17N5O. The van der Waals surface area contributed by atoms with Gasteiger partial charge in [0.2, 0.25) is 0 Å². The fourth-order valence-corrected chi connectivity index (χ4v) is 3.44. The number of H-pyrrole nitrogens is 1. The number of nitrogens with one attached hydrogen (secondary N) is 1. The van der Waals surface area contributed by atoms with Crippen LogP contribution in [0, 0.1) is 6.92 Å². The largest absolute Gasteiger partial charge is 0.356 e. The zero-order chi connectivity index (χ0) is 17.6. The normalized spacial score (nSPS) is 15.1. The van der Waals surface area contributed by atoms with E-state index in [0.29, 0.717) is 0 Å². The van der Waals surface area contributed by atoms with Crippen molar-refractivity contribution in [1.82, 2.24) is 25.8 Å². The van der Waals surface area contributed by atoms with Gasteiger partial charge in [-0.3, -0.25) is 0 Å². The molecule has 26 heavy (non-hydrogen) atoms. The summed E-state index contributed by atoms with van der Waals surface area (Å²) in [6.07, 6.45) is 2.13. The van der Waals surface area contributed by atoms with E-state index in [1.807, 2.05) is 13.0 Å². The highest BCUT2D eigenvalue weighted by Gasteiger charge is 2.49. The van der Waals surface area contributed by atoms with Crippen LogP contribution in [0.2, 0.25) is 0 Å². The molecule has 0 amide bonds. The lowest BCUT2D eigenvalue weighted by Gasteiger charge is -2.12. The van der Waals surface area contributed by atoms with Gasteiger partial charge >= 0.3 is 0 Å². The first-order valence-electron chi connectivity index (χ1n) is 8.63. The summed E-state index contributed by atoms with van der Waals surface area (Å²) < 4.78 is 5.32. The van der Waals surface area contributed by atoms with Crippen LogP contribution in [0.1, 0.15) is 29.9 Å². The van der Waals surface area contributed by atoms with E-state index >= 15 is 0 Å². The van der Waals surface area contributed by atoms with Crippen molar-refractivity contribution in [2.75, 3.05) is 0 Å². The average molecular weight is 343 g/mol. The molecule has 1 N–H and O–H groups in total. The molecular weight excluding hydrogens is 326 g/mol. The van der Waals surface area contributed by atoms with Crippen LogP contribution in [0.5, 0.6) is 0 Å². The lowest BCUT2D eigenvalue weighted by Crippen LogP contribution is -2.10. The zero-order valence-electron chi connectivity index (χ0n) is 14.3. The molecule has 1 aliphatic rings. The van der Waals surface area contributed by atoms with Gasteiger partial charge in [-0.15, -0.1) is 10.2 Å². The van der Waals surface area contributed by atoms with Crippen LogP contribution in [-0.2, 0) is 5.41 Å². The van der Waals surface area contributed by atoms with Crippen LogP contribution in [0.4, 0.5) is 0 Å². The van der Waals surface area contributed by atoms with E-state index in [1.54, 1.807) is 0 Å². The molecule has 1 fully saturated rings. The summed E-state index contributed by atoms with van der Waals surface area (Å²) in [4.78, 5) is 0. The Morgan fingerprint density at radius 2 is 1.58 bits per heavy atom. The smallest absolute Gasteiger partial charge is 0.185 e. The van der Waals surface area contributed by atoms with E-state index in [4.69, 9.17) is 4.52 Å². The van der Waals surface area contributed by atoms with E-state index < -0.39 is 0 Å². The van der Waals surface area contributed by atoms with Crippen molar-refractivity contribution in [1.29, 1.82) is 0 Å². The summed E-state index contributed by atoms with van der Waals surface area (Å²) in [6, 6.07) is 18.9. The molecule has 0 atom stereocenters. The van der Waals surface area contributed by atoms with Gasteiger partial charge in [0.25, 0.3) is 0 Å². The van der Waals surface area contributed by atoms with Crippen LogP contribution in [-0.4, -0.2) is 25.8 Å². The Balaban J connectivity index is 1.41. The predicted octanol–water partition coefficient (Wildman–Crippen LogP) is 3.91. The first-order valence-corrected chi connectivity index (χ1v) is 8.63. The molecule has 1 aliphatic carbocycles. The quantitative estimate of drug-likeness (QED) is 0.607. The third kappa shape index (κ3) is 2.42. The number of hydrogen-bond donors (Lipinski definition) is 1. The summed E-state index contributed by atoms with van der Waals surface area (Å²) in [7, 11) is 0. The van der Waals surface area contributed by atoms with Crippen LogP contribution in [0.3, 0.4) is 0 Å².